The molecule has 2 nitrogen and oxygen atoms in total. The summed E-state index contributed by atoms with van der Waals surface area (Å²) in [5.74, 6) is 0. The molecule has 0 unspecified atom stereocenters. The van der Waals surface area contributed by atoms with Gasteiger partial charge in [0, 0.05) is 20.7 Å². The Morgan fingerprint density at radius 3 is 2.71 bits per heavy atom. The molecule has 0 saturated carbocycles. The minimum Gasteiger partial charge on any atom is -0.298 e. The SMILES string of the molecule is O=Cc1cnc(CBr)c(C(F)F)c1I. The van der Waals surface area contributed by atoms with Gasteiger partial charge in [0.15, 0.2) is 6.29 Å². The summed E-state index contributed by atoms with van der Waals surface area (Å²) in [5.41, 5.74) is 0.313. The van der Waals surface area contributed by atoms with Gasteiger partial charge in [-0.1, -0.05) is 15.9 Å². The first kappa shape index (κ1) is 12.0. The van der Waals surface area contributed by atoms with Crippen LogP contribution in [0.15, 0.2) is 6.20 Å². The first-order chi connectivity index (χ1) is 6.61. The maximum Gasteiger partial charge on any atom is 0.266 e. The molecule has 0 radical (unpaired) electrons. The van der Waals surface area contributed by atoms with E-state index in [9.17, 15) is 13.6 Å². The van der Waals surface area contributed by atoms with Crippen LogP contribution in [0, 0.1) is 3.57 Å². The van der Waals surface area contributed by atoms with Gasteiger partial charge >= 0.3 is 0 Å². The van der Waals surface area contributed by atoms with E-state index in [1.807, 2.05) is 0 Å². The molecule has 6 heteroatoms. The van der Waals surface area contributed by atoms with E-state index in [-0.39, 0.29) is 25.7 Å². The molecule has 14 heavy (non-hydrogen) atoms. The fourth-order valence-electron chi connectivity index (χ4n) is 0.966. The van der Waals surface area contributed by atoms with Crippen LogP contribution in [0.2, 0.25) is 0 Å². The van der Waals surface area contributed by atoms with Crippen LogP contribution in [0.25, 0.3) is 0 Å². The Balaban J connectivity index is 3.38. The molecule has 0 fully saturated rings. The van der Waals surface area contributed by atoms with Crippen LogP contribution in [0.5, 0.6) is 0 Å². The fourth-order valence-corrected chi connectivity index (χ4v) is 2.23. The van der Waals surface area contributed by atoms with Crippen LogP contribution in [-0.2, 0) is 5.33 Å². The fraction of sp³-hybridized carbons (Fsp3) is 0.250. The Labute approximate surface area is 101 Å². The molecule has 0 aliphatic carbocycles. The largest absolute Gasteiger partial charge is 0.298 e. The van der Waals surface area contributed by atoms with Crippen molar-refractivity contribution in [1.29, 1.82) is 0 Å². The number of hydrogen-bond acceptors (Lipinski definition) is 2. The maximum absolute atomic E-state index is 12.6. The van der Waals surface area contributed by atoms with Crippen molar-refractivity contribution in [1.82, 2.24) is 4.98 Å². The zero-order chi connectivity index (χ0) is 10.7. The first-order valence-corrected chi connectivity index (χ1v) is 5.78. The molecule has 0 atom stereocenters. The molecule has 0 amide bonds. The molecular formula is C8H5BrF2INO. The number of hydrogen-bond donors (Lipinski definition) is 0. The van der Waals surface area contributed by atoms with E-state index in [4.69, 9.17) is 0 Å². The lowest BCUT2D eigenvalue weighted by molar-refractivity contribution is 0.112. The molecule has 0 N–H and O–H groups in total. The van der Waals surface area contributed by atoms with E-state index in [0.717, 1.165) is 0 Å². The molecule has 1 aromatic rings. The standard InChI is InChI=1S/C8H5BrF2INO/c9-1-5-6(8(10)11)7(12)4(3-14)2-13-5/h2-3,8H,1H2. The lowest BCUT2D eigenvalue weighted by Crippen LogP contribution is -2.03. The summed E-state index contributed by atoms with van der Waals surface area (Å²) in [5, 5.41) is 0.252. The van der Waals surface area contributed by atoms with Crippen LogP contribution >= 0.6 is 38.5 Å². The van der Waals surface area contributed by atoms with Gasteiger partial charge in [0.05, 0.1) is 11.3 Å². The smallest absolute Gasteiger partial charge is 0.266 e. The molecule has 76 valence electrons. The molecule has 1 rings (SSSR count). The lowest BCUT2D eigenvalue weighted by Gasteiger charge is -2.09. The predicted molar refractivity (Wildman–Crippen MR) is 59.9 cm³/mol. The quantitative estimate of drug-likeness (QED) is 0.461. The average Bonchev–Trinajstić information content (AvgIpc) is 2.16. The van der Waals surface area contributed by atoms with Crippen molar-refractivity contribution in [3.05, 3.63) is 26.6 Å². The van der Waals surface area contributed by atoms with Crippen LogP contribution < -0.4 is 0 Å². The normalized spacial score (nSPS) is 10.6. The van der Waals surface area contributed by atoms with Crippen molar-refractivity contribution in [2.24, 2.45) is 0 Å². The van der Waals surface area contributed by atoms with Crippen LogP contribution in [-0.4, -0.2) is 11.3 Å². The van der Waals surface area contributed by atoms with Gasteiger partial charge in [-0.05, 0) is 22.6 Å². The predicted octanol–water partition coefficient (Wildman–Crippen LogP) is 3.33. The van der Waals surface area contributed by atoms with Crippen molar-refractivity contribution < 1.29 is 13.6 Å². The van der Waals surface area contributed by atoms with E-state index in [2.05, 4.69) is 20.9 Å². The first-order valence-electron chi connectivity index (χ1n) is 3.58. The average molecular weight is 376 g/mol. The number of halogens is 4. The molecule has 1 heterocycles. The van der Waals surface area contributed by atoms with Crippen LogP contribution in [0.3, 0.4) is 0 Å². The van der Waals surface area contributed by atoms with Gasteiger partial charge in [0.2, 0.25) is 0 Å². The third-order valence-corrected chi connectivity index (χ3v) is 3.37. The highest BCUT2D eigenvalue weighted by Gasteiger charge is 2.19. The molecule has 0 bridgehead atoms. The molecular weight excluding hydrogens is 371 g/mol. The Morgan fingerprint density at radius 2 is 2.29 bits per heavy atom. The Hall–Kier alpha value is -0.110. The third kappa shape index (κ3) is 2.28. The summed E-state index contributed by atoms with van der Waals surface area (Å²) >= 11 is 4.80. The summed E-state index contributed by atoms with van der Waals surface area (Å²) < 4.78 is 25.5. The second kappa shape index (κ2) is 5.11. The zero-order valence-corrected chi connectivity index (χ0v) is 10.5. The molecule has 0 aliphatic heterocycles. The van der Waals surface area contributed by atoms with Crippen molar-refractivity contribution in [3.8, 4) is 0 Å². The van der Waals surface area contributed by atoms with Gasteiger partial charge in [-0.25, -0.2) is 8.78 Å². The minimum atomic E-state index is -2.61. The summed E-state index contributed by atoms with van der Waals surface area (Å²) in [6, 6.07) is 0. The Bertz CT molecular complexity index is 359. The van der Waals surface area contributed by atoms with Gasteiger partial charge in [0.1, 0.15) is 0 Å². The maximum atomic E-state index is 12.6. The summed E-state index contributed by atoms with van der Waals surface area (Å²) in [4.78, 5) is 14.3. The van der Waals surface area contributed by atoms with Gasteiger partial charge < -0.3 is 0 Å². The van der Waals surface area contributed by atoms with Gasteiger partial charge in [-0.15, -0.1) is 0 Å². The number of pyridine rings is 1. The van der Waals surface area contributed by atoms with Crippen LogP contribution in [0.4, 0.5) is 8.78 Å². The van der Waals surface area contributed by atoms with Gasteiger partial charge in [-0.2, -0.15) is 0 Å². The van der Waals surface area contributed by atoms with Crippen LogP contribution in [0.1, 0.15) is 28.0 Å². The third-order valence-electron chi connectivity index (χ3n) is 1.63. The Kier molecular flexibility index (Phi) is 4.36. The van der Waals surface area contributed by atoms with Crippen molar-refractivity contribution in [2.45, 2.75) is 11.8 Å². The second-order valence-electron chi connectivity index (χ2n) is 2.44. The number of aromatic nitrogens is 1. The van der Waals surface area contributed by atoms with Crippen molar-refractivity contribution in [2.75, 3.05) is 0 Å². The van der Waals surface area contributed by atoms with Crippen molar-refractivity contribution in [3.63, 3.8) is 0 Å². The topological polar surface area (TPSA) is 30.0 Å². The summed E-state index contributed by atoms with van der Waals surface area (Å²) in [7, 11) is 0. The number of aldehydes is 1. The molecule has 0 aromatic carbocycles. The number of carbonyl (C=O) groups is 1. The number of rotatable bonds is 3. The molecule has 0 saturated heterocycles. The zero-order valence-electron chi connectivity index (χ0n) is 6.81. The molecule has 1 aromatic heterocycles. The molecule has 0 spiro atoms. The van der Waals surface area contributed by atoms with E-state index < -0.39 is 6.43 Å². The van der Waals surface area contributed by atoms with E-state index >= 15 is 0 Å². The highest BCUT2D eigenvalue weighted by Crippen LogP contribution is 2.29. The summed E-state index contributed by atoms with van der Waals surface area (Å²) in [6.45, 7) is 0. The summed E-state index contributed by atoms with van der Waals surface area (Å²) in [6.07, 6.45) is -0.780. The van der Waals surface area contributed by atoms with Gasteiger partial charge in [-0.3, -0.25) is 9.78 Å². The Morgan fingerprint density at radius 1 is 1.64 bits per heavy atom. The van der Waals surface area contributed by atoms with Crippen molar-refractivity contribution >= 4 is 44.8 Å². The number of carbonyl (C=O) groups excluding carboxylic acids is 1. The minimum absolute atomic E-state index is 0.160. The highest BCUT2D eigenvalue weighted by molar-refractivity contribution is 14.1. The monoisotopic (exact) mass is 375 g/mol. The van der Waals surface area contributed by atoms with E-state index in [0.29, 0.717) is 6.29 Å². The number of alkyl halides is 3. The lowest BCUT2D eigenvalue weighted by atomic mass is 10.1. The van der Waals surface area contributed by atoms with E-state index in [1.54, 1.807) is 22.6 Å². The number of nitrogens with zero attached hydrogens (tertiary/aromatic N) is 1. The second-order valence-corrected chi connectivity index (χ2v) is 4.08. The van der Waals surface area contributed by atoms with E-state index in [1.165, 1.54) is 6.20 Å². The molecule has 0 aliphatic rings. The highest BCUT2D eigenvalue weighted by atomic mass is 127. The van der Waals surface area contributed by atoms with Gasteiger partial charge in [0.25, 0.3) is 6.43 Å².